The Hall–Kier alpha value is -0.580. The van der Waals surface area contributed by atoms with Crippen LogP contribution in [0.2, 0.25) is 0 Å². The van der Waals surface area contributed by atoms with E-state index in [0.29, 0.717) is 6.07 Å². The number of imidazole rings is 1. The monoisotopic (exact) mass is 270 g/mol. The zero-order valence-electron chi connectivity index (χ0n) is 6.99. The highest BCUT2D eigenvalue weighted by atomic mass is 35.6. The number of hydrogen-bond acceptors (Lipinski definition) is 1. The molecule has 0 saturated carbocycles. The minimum absolute atomic E-state index is 0.0491. The molecule has 0 aliphatic heterocycles. The largest absolute Gasteiger partial charge is 0.338 e. The summed E-state index contributed by atoms with van der Waals surface area (Å²) >= 11 is 16.6. The molecule has 0 unspecified atom stereocenters. The highest BCUT2D eigenvalue weighted by molar-refractivity contribution is 6.66. The summed E-state index contributed by atoms with van der Waals surface area (Å²) in [4.78, 5) is 6.26. The van der Waals surface area contributed by atoms with Gasteiger partial charge in [0.15, 0.2) is 11.6 Å². The van der Waals surface area contributed by atoms with Crippen molar-refractivity contribution in [3.8, 4) is 0 Å². The molecule has 0 fully saturated rings. The predicted molar refractivity (Wildman–Crippen MR) is 55.2 cm³/mol. The number of fused-ring (bicyclic) bond motifs is 1. The van der Waals surface area contributed by atoms with Crippen molar-refractivity contribution in [2.75, 3.05) is 0 Å². The van der Waals surface area contributed by atoms with Crippen molar-refractivity contribution in [2.24, 2.45) is 0 Å². The topological polar surface area (TPSA) is 28.7 Å². The Balaban J connectivity index is 2.71. The normalized spacial score (nSPS) is 12.3. The summed E-state index contributed by atoms with van der Waals surface area (Å²) in [5, 5.41) is 0. The van der Waals surface area contributed by atoms with Gasteiger partial charge in [-0.25, -0.2) is 13.8 Å². The zero-order chi connectivity index (χ0) is 11.2. The number of aromatic amines is 1. The van der Waals surface area contributed by atoms with E-state index in [2.05, 4.69) is 9.97 Å². The van der Waals surface area contributed by atoms with Crippen molar-refractivity contribution in [2.45, 2.75) is 3.79 Å². The number of hydrogen-bond donors (Lipinski definition) is 1. The quantitative estimate of drug-likeness (QED) is 0.728. The molecule has 0 radical (unpaired) electrons. The Morgan fingerprint density at radius 2 is 1.87 bits per heavy atom. The van der Waals surface area contributed by atoms with Crippen LogP contribution in [-0.2, 0) is 3.79 Å². The van der Waals surface area contributed by atoms with Gasteiger partial charge in [-0.05, 0) is 6.07 Å². The lowest BCUT2D eigenvalue weighted by atomic mass is 10.3. The molecule has 0 aliphatic carbocycles. The molecule has 2 nitrogen and oxygen atoms in total. The fourth-order valence-corrected chi connectivity index (χ4v) is 1.44. The third kappa shape index (κ3) is 2.02. The maximum Gasteiger partial charge on any atom is 0.248 e. The number of aromatic nitrogens is 2. The number of H-pyrrole nitrogens is 1. The highest BCUT2D eigenvalue weighted by Crippen LogP contribution is 2.37. The smallest absolute Gasteiger partial charge is 0.248 e. The molecular weight excluding hydrogens is 268 g/mol. The molecule has 0 saturated heterocycles. The first-order chi connectivity index (χ1) is 6.88. The number of rotatable bonds is 0. The van der Waals surface area contributed by atoms with Gasteiger partial charge in [-0.3, -0.25) is 0 Å². The molecule has 1 aromatic heterocycles. The molecule has 0 aliphatic rings. The Labute approximate surface area is 98.1 Å². The third-order valence-corrected chi connectivity index (χ3v) is 2.31. The lowest BCUT2D eigenvalue weighted by Gasteiger charge is -2.04. The van der Waals surface area contributed by atoms with Gasteiger partial charge in [0.2, 0.25) is 3.79 Å². The minimum atomic E-state index is -1.79. The molecule has 2 aromatic rings. The molecule has 0 atom stereocenters. The summed E-state index contributed by atoms with van der Waals surface area (Å²) in [5.74, 6) is -1.58. The third-order valence-electron chi connectivity index (χ3n) is 1.77. The number of nitrogens with zero attached hydrogens (tertiary/aromatic N) is 1. The van der Waals surface area contributed by atoms with E-state index in [0.717, 1.165) is 6.07 Å². The van der Waals surface area contributed by atoms with E-state index < -0.39 is 15.4 Å². The first-order valence-electron chi connectivity index (χ1n) is 3.80. The first kappa shape index (κ1) is 10.9. The molecule has 7 heteroatoms. The average Bonchev–Trinajstić information content (AvgIpc) is 2.46. The van der Waals surface area contributed by atoms with Crippen LogP contribution in [0.1, 0.15) is 5.82 Å². The maximum absolute atomic E-state index is 13.2. The van der Waals surface area contributed by atoms with Crippen molar-refractivity contribution < 1.29 is 8.78 Å². The maximum atomic E-state index is 13.2. The minimum Gasteiger partial charge on any atom is -0.338 e. The van der Waals surface area contributed by atoms with Gasteiger partial charge in [-0.2, -0.15) is 0 Å². The molecule has 1 aromatic carbocycles. The summed E-state index contributed by atoms with van der Waals surface area (Å²) in [6, 6.07) is 1.79. The zero-order valence-corrected chi connectivity index (χ0v) is 9.26. The highest BCUT2D eigenvalue weighted by Gasteiger charge is 2.27. The molecule has 2 rings (SSSR count). The van der Waals surface area contributed by atoms with Crippen LogP contribution in [0, 0.1) is 11.6 Å². The number of nitrogens with one attached hydrogen (secondary N) is 1. The van der Waals surface area contributed by atoms with E-state index in [1.54, 1.807) is 0 Å². The van der Waals surface area contributed by atoms with Crippen molar-refractivity contribution in [3.05, 3.63) is 29.6 Å². The molecule has 0 amide bonds. The summed E-state index contributed by atoms with van der Waals surface area (Å²) in [6.07, 6.45) is 0. The van der Waals surface area contributed by atoms with Crippen LogP contribution >= 0.6 is 34.8 Å². The van der Waals surface area contributed by atoms with Crippen molar-refractivity contribution in [3.63, 3.8) is 0 Å². The van der Waals surface area contributed by atoms with Crippen LogP contribution in [-0.4, -0.2) is 9.97 Å². The fraction of sp³-hybridized carbons (Fsp3) is 0.125. The van der Waals surface area contributed by atoms with Gasteiger partial charge >= 0.3 is 0 Å². The van der Waals surface area contributed by atoms with Crippen LogP contribution in [0.15, 0.2) is 12.1 Å². The summed E-state index contributed by atoms with van der Waals surface area (Å²) in [7, 11) is 0. The predicted octanol–water partition coefficient (Wildman–Crippen LogP) is 3.67. The van der Waals surface area contributed by atoms with Crippen molar-refractivity contribution in [1.29, 1.82) is 0 Å². The Bertz CT molecular complexity index is 518. The van der Waals surface area contributed by atoms with Gasteiger partial charge < -0.3 is 4.98 Å². The lowest BCUT2D eigenvalue weighted by Crippen LogP contribution is -2.02. The Kier molecular flexibility index (Phi) is 2.53. The standard InChI is InChI=1S/C8H3Cl3F2N2/c9-8(10,11)7-14-5-2-3(12)1-4(13)6(5)15-7/h1-2H,(H,14,15). The van der Waals surface area contributed by atoms with Crippen LogP contribution in [0.3, 0.4) is 0 Å². The molecule has 0 bridgehead atoms. The average molecular weight is 271 g/mol. The summed E-state index contributed by atoms with van der Waals surface area (Å²) in [6.45, 7) is 0. The van der Waals surface area contributed by atoms with E-state index in [-0.39, 0.29) is 16.9 Å². The number of halogens is 5. The van der Waals surface area contributed by atoms with Crippen LogP contribution < -0.4 is 0 Å². The first-order valence-corrected chi connectivity index (χ1v) is 4.93. The summed E-state index contributed by atoms with van der Waals surface area (Å²) < 4.78 is 24.2. The van der Waals surface area contributed by atoms with Gasteiger partial charge in [0.05, 0.1) is 5.52 Å². The summed E-state index contributed by atoms with van der Waals surface area (Å²) in [5.41, 5.74) is 0.0894. The molecule has 15 heavy (non-hydrogen) atoms. The van der Waals surface area contributed by atoms with Crippen LogP contribution in [0.5, 0.6) is 0 Å². The second kappa shape index (κ2) is 3.47. The van der Waals surface area contributed by atoms with E-state index in [1.165, 1.54) is 0 Å². The Morgan fingerprint density at radius 1 is 1.20 bits per heavy atom. The van der Waals surface area contributed by atoms with Gasteiger partial charge in [0.25, 0.3) is 0 Å². The van der Waals surface area contributed by atoms with Crippen molar-refractivity contribution >= 4 is 45.8 Å². The second-order valence-electron chi connectivity index (χ2n) is 2.87. The van der Waals surface area contributed by atoms with Crippen LogP contribution in [0.4, 0.5) is 8.78 Å². The molecule has 0 spiro atoms. The van der Waals surface area contributed by atoms with Gasteiger partial charge in [0.1, 0.15) is 11.3 Å². The number of benzene rings is 1. The van der Waals surface area contributed by atoms with Gasteiger partial charge in [-0.15, -0.1) is 0 Å². The SMILES string of the molecule is Fc1cc(F)c2nc(C(Cl)(Cl)Cl)[nH]c2c1. The van der Waals surface area contributed by atoms with E-state index in [1.807, 2.05) is 0 Å². The number of alkyl halides is 3. The van der Waals surface area contributed by atoms with E-state index >= 15 is 0 Å². The molecular formula is C8H3Cl3F2N2. The van der Waals surface area contributed by atoms with Crippen LogP contribution in [0.25, 0.3) is 11.0 Å². The Morgan fingerprint density at radius 3 is 2.47 bits per heavy atom. The van der Waals surface area contributed by atoms with Gasteiger partial charge in [-0.1, -0.05) is 34.8 Å². The molecule has 1 N–H and O–H groups in total. The van der Waals surface area contributed by atoms with Crippen molar-refractivity contribution in [1.82, 2.24) is 9.97 Å². The fourth-order valence-electron chi connectivity index (χ4n) is 1.18. The van der Waals surface area contributed by atoms with E-state index in [9.17, 15) is 8.78 Å². The second-order valence-corrected chi connectivity index (χ2v) is 5.15. The lowest BCUT2D eigenvalue weighted by molar-refractivity contribution is 0.590. The van der Waals surface area contributed by atoms with Gasteiger partial charge in [0, 0.05) is 6.07 Å². The molecule has 80 valence electrons. The van der Waals surface area contributed by atoms with E-state index in [4.69, 9.17) is 34.8 Å². The molecule has 1 heterocycles.